The van der Waals surface area contributed by atoms with Gasteiger partial charge in [0.2, 0.25) is 11.6 Å². The highest BCUT2D eigenvalue weighted by Gasteiger charge is 2.32. The molecule has 104 valence electrons. The summed E-state index contributed by atoms with van der Waals surface area (Å²) in [5.74, 6) is -0.495. The summed E-state index contributed by atoms with van der Waals surface area (Å²) in [7, 11) is 1.70. The standard InChI is InChI=1S/C11H16N4O4/c1-6-12-10(15(18)19)9(14(6)2)13-8-4-3-7(5-8)11(16)17/h7-8,13H,3-5H2,1-2H3,(H,16,17)/t7-,8+/m1/s1. The summed E-state index contributed by atoms with van der Waals surface area (Å²) in [5.41, 5.74) is 0. The first-order valence-corrected chi connectivity index (χ1v) is 6.07. The number of anilines is 1. The van der Waals surface area contributed by atoms with Gasteiger partial charge in [-0.1, -0.05) is 0 Å². The van der Waals surface area contributed by atoms with Crippen LogP contribution in [0.5, 0.6) is 0 Å². The predicted octanol–water partition coefficient (Wildman–Crippen LogP) is 1.30. The number of carboxylic acid groups (broad SMARTS) is 1. The Morgan fingerprint density at radius 2 is 2.26 bits per heavy atom. The SMILES string of the molecule is Cc1nc([N+](=O)[O-])c(N[C@H]2CC[C@@H](C(=O)O)C2)n1C. The van der Waals surface area contributed by atoms with Crippen molar-refractivity contribution >= 4 is 17.6 Å². The Balaban J connectivity index is 2.16. The van der Waals surface area contributed by atoms with Gasteiger partial charge in [-0.25, -0.2) is 0 Å². The monoisotopic (exact) mass is 268 g/mol. The van der Waals surface area contributed by atoms with Gasteiger partial charge in [-0.3, -0.25) is 9.36 Å². The molecule has 19 heavy (non-hydrogen) atoms. The molecule has 8 heteroatoms. The van der Waals surface area contributed by atoms with Crippen LogP contribution in [0, 0.1) is 23.0 Å². The van der Waals surface area contributed by atoms with E-state index in [2.05, 4.69) is 10.3 Å². The molecular weight excluding hydrogens is 252 g/mol. The van der Waals surface area contributed by atoms with Crippen LogP contribution in [0.3, 0.4) is 0 Å². The maximum Gasteiger partial charge on any atom is 0.406 e. The van der Waals surface area contributed by atoms with Crippen molar-refractivity contribution in [2.24, 2.45) is 13.0 Å². The van der Waals surface area contributed by atoms with Gasteiger partial charge >= 0.3 is 11.8 Å². The van der Waals surface area contributed by atoms with Crippen LogP contribution < -0.4 is 5.32 Å². The lowest BCUT2D eigenvalue weighted by Crippen LogP contribution is -2.20. The first-order chi connectivity index (χ1) is 8.90. The van der Waals surface area contributed by atoms with Crippen molar-refractivity contribution < 1.29 is 14.8 Å². The summed E-state index contributed by atoms with van der Waals surface area (Å²) in [6, 6.07) is -0.0606. The zero-order valence-electron chi connectivity index (χ0n) is 10.8. The molecule has 2 atom stereocenters. The Bertz CT molecular complexity index is 525. The first-order valence-electron chi connectivity index (χ1n) is 6.07. The van der Waals surface area contributed by atoms with Crippen molar-refractivity contribution in [3.63, 3.8) is 0 Å². The molecule has 0 aromatic carbocycles. The molecule has 0 aliphatic heterocycles. The third-order valence-electron chi connectivity index (χ3n) is 3.60. The fourth-order valence-electron chi connectivity index (χ4n) is 2.41. The van der Waals surface area contributed by atoms with Crippen LogP contribution >= 0.6 is 0 Å². The molecule has 0 spiro atoms. The van der Waals surface area contributed by atoms with E-state index >= 15 is 0 Å². The maximum atomic E-state index is 10.9. The minimum absolute atomic E-state index is 0.0606. The summed E-state index contributed by atoms with van der Waals surface area (Å²) >= 11 is 0. The molecular formula is C11H16N4O4. The lowest BCUT2D eigenvalue weighted by Gasteiger charge is -2.13. The summed E-state index contributed by atoms with van der Waals surface area (Å²) < 4.78 is 1.62. The summed E-state index contributed by atoms with van der Waals surface area (Å²) in [6.45, 7) is 1.69. The van der Waals surface area contributed by atoms with E-state index < -0.39 is 10.9 Å². The number of aromatic nitrogens is 2. The Labute approximate surface area is 109 Å². The number of imidazole rings is 1. The van der Waals surface area contributed by atoms with Crippen LogP contribution in [0.1, 0.15) is 25.1 Å². The predicted molar refractivity (Wildman–Crippen MR) is 67.0 cm³/mol. The Morgan fingerprint density at radius 3 is 2.79 bits per heavy atom. The number of nitro groups is 1. The van der Waals surface area contributed by atoms with Crippen molar-refractivity contribution in [3.05, 3.63) is 15.9 Å². The molecule has 2 N–H and O–H groups in total. The second-order valence-corrected chi connectivity index (χ2v) is 4.84. The van der Waals surface area contributed by atoms with Gasteiger partial charge in [0.25, 0.3) is 0 Å². The van der Waals surface area contributed by atoms with Crippen LogP contribution in [-0.4, -0.2) is 31.6 Å². The molecule has 0 amide bonds. The number of carbonyl (C=O) groups is 1. The van der Waals surface area contributed by atoms with E-state index in [0.29, 0.717) is 30.9 Å². The minimum atomic E-state index is -0.806. The van der Waals surface area contributed by atoms with Crippen LogP contribution in [0.2, 0.25) is 0 Å². The van der Waals surface area contributed by atoms with Gasteiger partial charge < -0.3 is 20.5 Å². The molecule has 0 radical (unpaired) electrons. The van der Waals surface area contributed by atoms with E-state index in [1.165, 1.54) is 0 Å². The largest absolute Gasteiger partial charge is 0.481 e. The molecule has 0 unspecified atom stereocenters. The molecule has 1 aliphatic rings. The van der Waals surface area contributed by atoms with Gasteiger partial charge in [-0.2, -0.15) is 0 Å². The Morgan fingerprint density at radius 1 is 1.58 bits per heavy atom. The fraction of sp³-hybridized carbons (Fsp3) is 0.636. The maximum absolute atomic E-state index is 10.9. The molecule has 2 rings (SSSR count). The average molecular weight is 268 g/mol. The first kappa shape index (κ1) is 13.3. The Hall–Kier alpha value is -2.12. The van der Waals surface area contributed by atoms with Crippen molar-refractivity contribution in [1.82, 2.24) is 9.55 Å². The minimum Gasteiger partial charge on any atom is -0.481 e. The molecule has 1 aliphatic carbocycles. The van der Waals surface area contributed by atoms with Gasteiger partial charge in [-0.15, -0.1) is 0 Å². The van der Waals surface area contributed by atoms with Gasteiger partial charge in [0.05, 0.1) is 5.92 Å². The molecule has 1 saturated carbocycles. The summed E-state index contributed by atoms with van der Waals surface area (Å²) in [5, 5.41) is 22.9. The number of aliphatic carboxylic acids is 1. The molecule has 0 bridgehead atoms. The van der Waals surface area contributed by atoms with E-state index in [0.717, 1.165) is 0 Å². The van der Waals surface area contributed by atoms with Crippen molar-refractivity contribution in [3.8, 4) is 0 Å². The molecule has 1 aromatic heterocycles. The van der Waals surface area contributed by atoms with Crippen molar-refractivity contribution in [2.45, 2.75) is 32.2 Å². The normalized spacial score (nSPS) is 22.4. The lowest BCUT2D eigenvalue weighted by molar-refractivity contribution is -0.388. The third kappa shape index (κ3) is 2.51. The number of hydrogen-bond donors (Lipinski definition) is 2. The van der Waals surface area contributed by atoms with Crippen LogP contribution in [0.25, 0.3) is 0 Å². The summed E-state index contributed by atoms with van der Waals surface area (Å²) in [4.78, 5) is 25.2. The zero-order valence-corrected chi connectivity index (χ0v) is 10.8. The average Bonchev–Trinajstić information content (AvgIpc) is 2.89. The van der Waals surface area contributed by atoms with Crippen molar-refractivity contribution in [1.29, 1.82) is 0 Å². The molecule has 8 nitrogen and oxygen atoms in total. The van der Waals surface area contributed by atoms with Crippen LogP contribution in [0.4, 0.5) is 11.6 Å². The number of carboxylic acids is 1. The van der Waals surface area contributed by atoms with Gasteiger partial charge in [0, 0.05) is 20.0 Å². The molecule has 1 heterocycles. The lowest BCUT2D eigenvalue weighted by atomic mass is 10.1. The highest BCUT2D eigenvalue weighted by atomic mass is 16.6. The number of hydrogen-bond acceptors (Lipinski definition) is 5. The van der Waals surface area contributed by atoms with Crippen molar-refractivity contribution in [2.75, 3.05) is 5.32 Å². The fourth-order valence-corrected chi connectivity index (χ4v) is 2.41. The quantitative estimate of drug-likeness (QED) is 0.629. The molecule has 0 saturated heterocycles. The third-order valence-corrected chi connectivity index (χ3v) is 3.60. The smallest absolute Gasteiger partial charge is 0.406 e. The number of rotatable bonds is 4. The van der Waals surface area contributed by atoms with Gasteiger partial charge in [0.15, 0.2) is 0 Å². The van der Waals surface area contributed by atoms with E-state index in [4.69, 9.17) is 5.11 Å². The number of nitrogens with zero attached hydrogens (tertiary/aromatic N) is 3. The summed E-state index contributed by atoms with van der Waals surface area (Å²) in [6.07, 6.45) is 1.77. The van der Waals surface area contributed by atoms with Crippen LogP contribution in [-0.2, 0) is 11.8 Å². The van der Waals surface area contributed by atoms with Crippen LogP contribution in [0.15, 0.2) is 0 Å². The highest BCUT2D eigenvalue weighted by Crippen LogP contribution is 2.31. The number of nitrogens with one attached hydrogen (secondary N) is 1. The van der Waals surface area contributed by atoms with E-state index in [1.54, 1.807) is 18.5 Å². The number of aryl methyl sites for hydroxylation is 1. The van der Waals surface area contributed by atoms with Gasteiger partial charge in [0.1, 0.15) is 0 Å². The molecule has 1 fully saturated rings. The molecule has 1 aromatic rings. The second kappa shape index (κ2) is 4.87. The zero-order chi connectivity index (χ0) is 14.2. The van der Waals surface area contributed by atoms with E-state index in [-0.39, 0.29) is 17.8 Å². The Kier molecular flexibility index (Phi) is 3.41. The topological polar surface area (TPSA) is 110 Å². The second-order valence-electron chi connectivity index (χ2n) is 4.84. The van der Waals surface area contributed by atoms with E-state index in [1.807, 2.05) is 0 Å². The highest BCUT2D eigenvalue weighted by molar-refractivity contribution is 5.70. The van der Waals surface area contributed by atoms with E-state index in [9.17, 15) is 14.9 Å². The van der Waals surface area contributed by atoms with Gasteiger partial charge in [-0.05, 0) is 29.2 Å².